The summed E-state index contributed by atoms with van der Waals surface area (Å²) in [6, 6.07) is 12.9. The Morgan fingerprint density at radius 3 is 2.28 bits per heavy atom. The van der Waals surface area contributed by atoms with Gasteiger partial charge in [-0.15, -0.1) is 13.2 Å². The molecule has 4 nitrogen and oxygen atoms in total. The summed E-state index contributed by atoms with van der Waals surface area (Å²) < 4.78 is 38.5. The fraction of sp³-hybridized carbons (Fsp3) is 0.111. The summed E-state index contributed by atoms with van der Waals surface area (Å²) in [5.41, 5.74) is 0.383. The standard InChI is InChI=1S/C18H13F3N2O2/c1-11-6-2-5-9-15(11)23-16(24)13-8-4-3-7-12(13)14(17(23)25)10-22-18(19,20)21/h2-10,25H,1H3/b22-10+. The van der Waals surface area contributed by atoms with Gasteiger partial charge in [0.25, 0.3) is 5.56 Å². The van der Waals surface area contributed by atoms with Crippen molar-refractivity contribution in [2.75, 3.05) is 0 Å². The molecule has 0 aliphatic rings. The van der Waals surface area contributed by atoms with Crippen LogP contribution in [-0.4, -0.2) is 22.2 Å². The van der Waals surface area contributed by atoms with E-state index in [2.05, 4.69) is 4.99 Å². The molecule has 0 aliphatic carbocycles. The zero-order chi connectivity index (χ0) is 18.2. The van der Waals surface area contributed by atoms with Crippen LogP contribution in [0.2, 0.25) is 0 Å². The Bertz CT molecular complexity index is 1040. The molecule has 0 bridgehead atoms. The largest absolute Gasteiger partial charge is 0.503 e. The molecule has 0 saturated heterocycles. The third-order valence-electron chi connectivity index (χ3n) is 3.80. The van der Waals surface area contributed by atoms with E-state index in [1.807, 2.05) is 0 Å². The fourth-order valence-corrected chi connectivity index (χ4v) is 2.66. The maximum absolute atomic E-state index is 12.8. The molecule has 1 N–H and O–H groups in total. The SMILES string of the molecule is Cc1ccccc1-n1c(O)c(/C=N/C(F)(F)F)c2ccccc2c1=O. The number of fused-ring (bicyclic) bond motifs is 1. The second-order valence-electron chi connectivity index (χ2n) is 5.44. The normalized spacial score (nSPS) is 12.2. The molecular formula is C18H13F3N2O2. The van der Waals surface area contributed by atoms with Crippen LogP contribution in [0.15, 0.2) is 58.3 Å². The second kappa shape index (κ2) is 6.08. The van der Waals surface area contributed by atoms with Crippen LogP contribution in [0.4, 0.5) is 13.2 Å². The molecule has 1 aromatic heterocycles. The molecule has 128 valence electrons. The van der Waals surface area contributed by atoms with Gasteiger partial charge in [0, 0.05) is 17.0 Å². The summed E-state index contributed by atoms with van der Waals surface area (Å²) in [6.07, 6.45) is -4.25. The summed E-state index contributed by atoms with van der Waals surface area (Å²) >= 11 is 0. The molecule has 0 spiro atoms. The lowest BCUT2D eigenvalue weighted by Gasteiger charge is -2.15. The number of rotatable bonds is 2. The fourth-order valence-electron chi connectivity index (χ4n) is 2.66. The van der Waals surface area contributed by atoms with Crippen LogP contribution in [0.5, 0.6) is 5.88 Å². The van der Waals surface area contributed by atoms with Gasteiger partial charge in [-0.2, -0.15) is 4.99 Å². The van der Waals surface area contributed by atoms with Crippen molar-refractivity contribution in [3.63, 3.8) is 0 Å². The van der Waals surface area contributed by atoms with Crippen LogP contribution in [0, 0.1) is 6.92 Å². The third kappa shape index (κ3) is 3.13. The van der Waals surface area contributed by atoms with Crippen molar-refractivity contribution in [3.05, 3.63) is 70.0 Å². The number of para-hydroxylation sites is 1. The number of halogens is 3. The van der Waals surface area contributed by atoms with Crippen molar-refractivity contribution in [1.82, 2.24) is 4.57 Å². The quantitative estimate of drug-likeness (QED) is 0.564. The van der Waals surface area contributed by atoms with Crippen LogP contribution >= 0.6 is 0 Å². The van der Waals surface area contributed by atoms with E-state index in [0.29, 0.717) is 17.5 Å². The number of alkyl halides is 3. The van der Waals surface area contributed by atoms with Crippen molar-refractivity contribution >= 4 is 17.0 Å². The van der Waals surface area contributed by atoms with E-state index in [9.17, 15) is 23.1 Å². The Balaban J connectivity index is 2.42. The molecule has 0 aliphatic heterocycles. The number of aromatic hydroxyl groups is 1. The average molecular weight is 346 g/mol. The highest BCUT2D eigenvalue weighted by Gasteiger charge is 2.26. The van der Waals surface area contributed by atoms with Crippen molar-refractivity contribution < 1.29 is 18.3 Å². The molecule has 7 heteroatoms. The van der Waals surface area contributed by atoms with E-state index in [4.69, 9.17) is 0 Å². The van der Waals surface area contributed by atoms with Gasteiger partial charge in [0.15, 0.2) is 0 Å². The number of hydrogen-bond acceptors (Lipinski definition) is 3. The third-order valence-corrected chi connectivity index (χ3v) is 3.80. The lowest BCUT2D eigenvalue weighted by atomic mass is 10.1. The first-order valence-corrected chi connectivity index (χ1v) is 7.34. The molecule has 1 heterocycles. The zero-order valence-electron chi connectivity index (χ0n) is 13.1. The van der Waals surface area contributed by atoms with Gasteiger partial charge in [0.05, 0.1) is 11.3 Å². The van der Waals surface area contributed by atoms with E-state index in [-0.39, 0.29) is 16.3 Å². The first kappa shape index (κ1) is 16.8. The van der Waals surface area contributed by atoms with Crippen molar-refractivity contribution in [2.24, 2.45) is 4.99 Å². The highest BCUT2D eigenvalue weighted by molar-refractivity contribution is 6.01. The minimum Gasteiger partial charge on any atom is -0.494 e. The molecule has 0 unspecified atom stereocenters. The highest BCUT2D eigenvalue weighted by Crippen LogP contribution is 2.28. The van der Waals surface area contributed by atoms with Crippen LogP contribution < -0.4 is 5.56 Å². The van der Waals surface area contributed by atoms with Crippen molar-refractivity contribution in [3.8, 4) is 11.6 Å². The summed E-state index contributed by atoms with van der Waals surface area (Å²) in [5, 5.41) is 10.9. The van der Waals surface area contributed by atoms with Gasteiger partial charge in [0.2, 0.25) is 5.88 Å². The van der Waals surface area contributed by atoms with Gasteiger partial charge in [-0.25, -0.2) is 4.57 Å². The summed E-state index contributed by atoms with van der Waals surface area (Å²) in [5.74, 6) is -0.592. The van der Waals surface area contributed by atoms with E-state index >= 15 is 0 Å². The summed E-state index contributed by atoms with van der Waals surface area (Å²) in [6.45, 7) is 1.74. The van der Waals surface area contributed by atoms with Gasteiger partial charge >= 0.3 is 6.30 Å². The Kier molecular flexibility index (Phi) is 4.08. The van der Waals surface area contributed by atoms with Gasteiger partial charge < -0.3 is 5.11 Å². The Morgan fingerprint density at radius 2 is 1.64 bits per heavy atom. The molecule has 2 aromatic carbocycles. The number of hydrogen-bond donors (Lipinski definition) is 1. The minimum absolute atomic E-state index is 0.171. The van der Waals surface area contributed by atoms with Crippen LogP contribution in [-0.2, 0) is 0 Å². The maximum atomic E-state index is 12.8. The number of nitrogens with zero attached hydrogens (tertiary/aromatic N) is 2. The molecule has 3 rings (SSSR count). The van der Waals surface area contributed by atoms with Crippen LogP contribution in [0.1, 0.15) is 11.1 Å². The molecule has 0 atom stereocenters. The Labute approximate surface area is 140 Å². The van der Waals surface area contributed by atoms with E-state index in [1.54, 1.807) is 43.3 Å². The van der Waals surface area contributed by atoms with Gasteiger partial charge in [-0.05, 0) is 24.6 Å². The second-order valence-corrected chi connectivity index (χ2v) is 5.44. The molecule has 25 heavy (non-hydrogen) atoms. The van der Waals surface area contributed by atoms with Crippen LogP contribution in [0.25, 0.3) is 16.5 Å². The zero-order valence-corrected chi connectivity index (χ0v) is 13.1. The Hall–Kier alpha value is -3.09. The first-order valence-electron chi connectivity index (χ1n) is 7.34. The minimum atomic E-state index is -4.78. The number of aryl methyl sites for hydroxylation is 1. The van der Waals surface area contributed by atoms with Gasteiger partial charge in [-0.1, -0.05) is 36.4 Å². The predicted octanol–water partition coefficient (Wildman–Crippen LogP) is 3.94. The smallest absolute Gasteiger partial charge is 0.494 e. The molecule has 0 radical (unpaired) electrons. The number of benzene rings is 2. The van der Waals surface area contributed by atoms with Crippen molar-refractivity contribution in [1.29, 1.82) is 0 Å². The van der Waals surface area contributed by atoms with Crippen molar-refractivity contribution in [2.45, 2.75) is 13.2 Å². The average Bonchev–Trinajstić information content (AvgIpc) is 2.55. The lowest BCUT2D eigenvalue weighted by molar-refractivity contribution is -0.119. The lowest BCUT2D eigenvalue weighted by Crippen LogP contribution is -2.21. The molecule has 0 amide bonds. The van der Waals surface area contributed by atoms with E-state index in [1.165, 1.54) is 12.1 Å². The van der Waals surface area contributed by atoms with Gasteiger partial charge in [0.1, 0.15) is 0 Å². The predicted molar refractivity (Wildman–Crippen MR) is 89.6 cm³/mol. The number of aliphatic imine (C=N–C) groups is 1. The molecule has 0 saturated carbocycles. The van der Waals surface area contributed by atoms with Crippen LogP contribution in [0.3, 0.4) is 0 Å². The van der Waals surface area contributed by atoms with Gasteiger partial charge in [-0.3, -0.25) is 4.79 Å². The number of aromatic nitrogens is 1. The van der Waals surface area contributed by atoms with E-state index < -0.39 is 17.7 Å². The maximum Gasteiger partial charge on any atom is 0.503 e. The summed E-state index contributed by atoms with van der Waals surface area (Å²) in [7, 11) is 0. The summed E-state index contributed by atoms with van der Waals surface area (Å²) in [4.78, 5) is 15.3. The molecule has 0 fully saturated rings. The molecule has 3 aromatic rings. The Morgan fingerprint density at radius 1 is 1.04 bits per heavy atom. The van der Waals surface area contributed by atoms with E-state index in [0.717, 1.165) is 4.57 Å². The monoisotopic (exact) mass is 346 g/mol. The number of pyridine rings is 1. The first-order chi connectivity index (χ1) is 11.8. The molecular weight excluding hydrogens is 333 g/mol. The highest BCUT2D eigenvalue weighted by atomic mass is 19.4. The topological polar surface area (TPSA) is 54.6 Å².